The summed E-state index contributed by atoms with van der Waals surface area (Å²) in [5.41, 5.74) is 0.965. The highest BCUT2D eigenvalue weighted by molar-refractivity contribution is 7.89. The number of benzene rings is 2. The Bertz CT molecular complexity index is 1530. The third-order valence-corrected chi connectivity index (χ3v) is 6.07. The SMILES string of the molecule is CC(C)(C)n1cc(NC(=O)Cc2ccc(Oc3ccnc4ccc(S(N)(=O)=O)cc34)cc2F)cn1. The van der Waals surface area contributed by atoms with Gasteiger partial charge in [-0.3, -0.25) is 14.5 Å². The highest BCUT2D eigenvalue weighted by Gasteiger charge is 2.16. The number of pyridine rings is 1. The van der Waals surface area contributed by atoms with Crippen LogP contribution in [0.15, 0.2) is 66.0 Å². The Morgan fingerprint density at radius 2 is 1.94 bits per heavy atom. The number of aromatic nitrogens is 3. The molecule has 3 N–H and O–H groups in total. The van der Waals surface area contributed by atoms with Crippen molar-refractivity contribution in [2.24, 2.45) is 5.14 Å². The summed E-state index contributed by atoms with van der Waals surface area (Å²) in [7, 11) is -3.92. The normalized spacial score (nSPS) is 12.0. The molecule has 0 saturated heterocycles. The molecule has 0 aliphatic heterocycles. The highest BCUT2D eigenvalue weighted by atomic mass is 32.2. The molecule has 0 fully saturated rings. The Morgan fingerprint density at radius 3 is 2.60 bits per heavy atom. The lowest BCUT2D eigenvalue weighted by molar-refractivity contribution is -0.115. The number of ether oxygens (including phenoxy) is 1. The second-order valence-corrected chi connectivity index (χ2v) is 10.5. The van der Waals surface area contributed by atoms with Crippen molar-refractivity contribution in [1.29, 1.82) is 0 Å². The molecular formula is C24H24FN5O4S. The van der Waals surface area contributed by atoms with Crippen LogP contribution in [0.3, 0.4) is 0 Å². The molecule has 0 spiro atoms. The van der Waals surface area contributed by atoms with Crippen LogP contribution >= 0.6 is 0 Å². The lowest BCUT2D eigenvalue weighted by atomic mass is 10.1. The van der Waals surface area contributed by atoms with Gasteiger partial charge in [-0.1, -0.05) is 6.07 Å². The zero-order valence-electron chi connectivity index (χ0n) is 19.3. The maximum absolute atomic E-state index is 14.8. The van der Waals surface area contributed by atoms with E-state index in [1.807, 2.05) is 20.8 Å². The van der Waals surface area contributed by atoms with Gasteiger partial charge in [0.2, 0.25) is 15.9 Å². The monoisotopic (exact) mass is 497 g/mol. The van der Waals surface area contributed by atoms with E-state index in [4.69, 9.17) is 9.88 Å². The summed E-state index contributed by atoms with van der Waals surface area (Å²) in [5.74, 6) is -0.554. The van der Waals surface area contributed by atoms with Gasteiger partial charge in [-0.15, -0.1) is 0 Å². The van der Waals surface area contributed by atoms with E-state index in [1.54, 1.807) is 10.9 Å². The molecule has 4 aromatic rings. The third kappa shape index (κ3) is 5.64. The quantitative estimate of drug-likeness (QED) is 0.415. The first kappa shape index (κ1) is 24.3. The fraction of sp³-hybridized carbons (Fsp3) is 0.208. The van der Waals surface area contributed by atoms with Gasteiger partial charge in [0.05, 0.1) is 34.3 Å². The molecule has 0 aliphatic rings. The van der Waals surface area contributed by atoms with Crippen molar-refractivity contribution in [2.75, 3.05) is 5.32 Å². The molecular weight excluding hydrogens is 473 g/mol. The Hall–Kier alpha value is -3.83. The summed E-state index contributed by atoms with van der Waals surface area (Å²) in [6.07, 6.45) is 4.57. The zero-order chi connectivity index (χ0) is 25.4. The Kier molecular flexibility index (Phi) is 6.30. The number of hydrogen-bond acceptors (Lipinski definition) is 6. The van der Waals surface area contributed by atoms with Crippen LogP contribution in [0, 0.1) is 5.82 Å². The minimum absolute atomic E-state index is 0.0940. The van der Waals surface area contributed by atoms with E-state index in [0.717, 1.165) is 6.07 Å². The molecule has 0 saturated carbocycles. The van der Waals surface area contributed by atoms with Crippen molar-refractivity contribution in [3.63, 3.8) is 0 Å². The number of fused-ring (bicyclic) bond motifs is 1. The number of nitrogens with two attached hydrogens (primary N) is 1. The first-order chi connectivity index (χ1) is 16.4. The van der Waals surface area contributed by atoms with Gasteiger partial charge in [0.1, 0.15) is 17.3 Å². The molecule has 0 radical (unpaired) electrons. The number of halogens is 1. The number of nitrogens with zero attached hydrogens (tertiary/aromatic N) is 3. The molecule has 11 heteroatoms. The molecule has 35 heavy (non-hydrogen) atoms. The van der Waals surface area contributed by atoms with Crippen molar-refractivity contribution in [2.45, 2.75) is 37.6 Å². The second kappa shape index (κ2) is 9.08. The van der Waals surface area contributed by atoms with Gasteiger partial charge in [0.25, 0.3) is 0 Å². The van der Waals surface area contributed by atoms with E-state index < -0.39 is 15.8 Å². The van der Waals surface area contributed by atoms with Crippen LogP contribution in [0.4, 0.5) is 10.1 Å². The average Bonchev–Trinajstić information content (AvgIpc) is 3.24. The Balaban J connectivity index is 1.50. The lowest BCUT2D eigenvalue weighted by Crippen LogP contribution is -2.22. The first-order valence-electron chi connectivity index (χ1n) is 10.6. The molecule has 2 aromatic carbocycles. The van der Waals surface area contributed by atoms with E-state index in [0.29, 0.717) is 16.6 Å². The maximum Gasteiger partial charge on any atom is 0.238 e. The number of anilines is 1. The summed E-state index contributed by atoms with van der Waals surface area (Å²) in [4.78, 5) is 16.5. The molecule has 0 aliphatic carbocycles. The van der Waals surface area contributed by atoms with Gasteiger partial charge >= 0.3 is 0 Å². The summed E-state index contributed by atoms with van der Waals surface area (Å²) < 4.78 is 45.7. The summed E-state index contributed by atoms with van der Waals surface area (Å²) in [5, 5.41) is 12.6. The Morgan fingerprint density at radius 1 is 1.17 bits per heavy atom. The average molecular weight is 498 g/mol. The number of carbonyl (C=O) groups is 1. The van der Waals surface area contributed by atoms with Crippen LogP contribution in [0.5, 0.6) is 11.5 Å². The number of primary sulfonamides is 1. The molecule has 0 atom stereocenters. The maximum atomic E-state index is 14.8. The fourth-order valence-electron chi connectivity index (χ4n) is 3.36. The molecule has 0 bridgehead atoms. The molecule has 2 heterocycles. The standard InChI is InChI=1S/C24H24FN5O4S/c1-24(2,3)30-14-16(13-28-30)29-23(31)10-15-4-5-17(11-20(15)25)34-22-8-9-27-21-7-6-18(12-19(21)22)35(26,32)33/h4-9,11-14H,10H2,1-3H3,(H,29,31)(H2,26,32,33). The van der Waals surface area contributed by atoms with E-state index in [1.165, 1.54) is 48.8 Å². The fourth-order valence-corrected chi connectivity index (χ4v) is 3.90. The van der Waals surface area contributed by atoms with Crippen molar-refractivity contribution < 1.29 is 22.3 Å². The van der Waals surface area contributed by atoms with Gasteiger partial charge in [-0.05, 0) is 56.7 Å². The van der Waals surface area contributed by atoms with Crippen LogP contribution in [0.2, 0.25) is 0 Å². The molecule has 4 rings (SSSR count). The van der Waals surface area contributed by atoms with Gasteiger partial charge in [0, 0.05) is 23.8 Å². The topological polar surface area (TPSA) is 129 Å². The largest absolute Gasteiger partial charge is 0.456 e. The van der Waals surface area contributed by atoms with Crippen LogP contribution in [-0.2, 0) is 26.8 Å². The molecule has 1 amide bonds. The number of hydrogen-bond donors (Lipinski definition) is 2. The number of carbonyl (C=O) groups excluding carboxylic acids is 1. The predicted molar refractivity (Wildman–Crippen MR) is 129 cm³/mol. The van der Waals surface area contributed by atoms with E-state index in [-0.39, 0.29) is 39.8 Å². The molecule has 2 aromatic heterocycles. The summed E-state index contributed by atoms with van der Waals surface area (Å²) >= 11 is 0. The number of nitrogens with one attached hydrogen (secondary N) is 1. The molecule has 182 valence electrons. The van der Waals surface area contributed by atoms with E-state index in [2.05, 4.69) is 15.4 Å². The van der Waals surface area contributed by atoms with Crippen molar-refractivity contribution in [3.8, 4) is 11.5 Å². The number of sulfonamides is 1. The summed E-state index contributed by atoms with van der Waals surface area (Å²) in [6.45, 7) is 5.95. The first-order valence-corrected chi connectivity index (χ1v) is 12.2. The van der Waals surface area contributed by atoms with E-state index in [9.17, 15) is 17.6 Å². The number of amides is 1. The third-order valence-electron chi connectivity index (χ3n) is 5.16. The Labute approximate surface area is 201 Å². The zero-order valence-corrected chi connectivity index (χ0v) is 20.1. The highest BCUT2D eigenvalue weighted by Crippen LogP contribution is 2.31. The van der Waals surface area contributed by atoms with Crippen molar-refractivity contribution in [3.05, 3.63) is 72.4 Å². The van der Waals surface area contributed by atoms with Gasteiger partial charge in [-0.25, -0.2) is 17.9 Å². The van der Waals surface area contributed by atoms with Crippen molar-refractivity contribution >= 4 is 32.5 Å². The number of rotatable bonds is 6. The smallest absolute Gasteiger partial charge is 0.238 e. The van der Waals surface area contributed by atoms with Crippen molar-refractivity contribution in [1.82, 2.24) is 14.8 Å². The van der Waals surface area contributed by atoms with Crippen LogP contribution in [-0.4, -0.2) is 29.1 Å². The van der Waals surface area contributed by atoms with Crippen LogP contribution < -0.4 is 15.2 Å². The van der Waals surface area contributed by atoms with Gasteiger partial charge in [0.15, 0.2) is 0 Å². The minimum atomic E-state index is -3.92. The van der Waals surface area contributed by atoms with Gasteiger partial charge in [-0.2, -0.15) is 5.10 Å². The second-order valence-electron chi connectivity index (χ2n) is 8.96. The van der Waals surface area contributed by atoms with Crippen LogP contribution in [0.1, 0.15) is 26.3 Å². The lowest BCUT2D eigenvalue weighted by Gasteiger charge is -2.18. The minimum Gasteiger partial charge on any atom is -0.456 e. The predicted octanol–water partition coefficient (Wildman–Crippen LogP) is 3.95. The summed E-state index contributed by atoms with van der Waals surface area (Å²) in [6, 6.07) is 9.89. The van der Waals surface area contributed by atoms with E-state index >= 15 is 0 Å². The van der Waals surface area contributed by atoms with Gasteiger partial charge < -0.3 is 10.1 Å². The molecule has 9 nitrogen and oxygen atoms in total. The molecule has 0 unspecified atom stereocenters. The van der Waals surface area contributed by atoms with Crippen LogP contribution in [0.25, 0.3) is 10.9 Å².